The molecule has 1 aliphatic carbocycles. The molecule has 0 aromatic heterocycles. The second kappa shape index (κ2) is 7.32. The van der Waals surface area contributed by atoms with Crippen molar-refractivity contribution in [3.63, 3.8) is 0 Å². The first-order chi connectivity index (χ1) is 11.4. The largest absolute Gasteiger partial charge is 0.393 e. The zero-order valence-corrected chi connectivity index (χ0v) is 15.7. The van der Waals surface area contributed by atoms with E-state index in [2.05, 4.69) is 12.2 Å². The molecule has 3 unspecified atom stereocenters. The van der Waals surface area contributed by atoms with Crippen LogP contribution in [0.2, 0.25) is 5.02 Å². The molecule has 3 rings (SSSR count). The van der Waals surface area contributed by atoms with Crippen molar-refractivity contribution < 1.29 is 13.5 Å². The number of aliphatic hydroxyl groups is 1. The highest BCUT2D eigenvalue weighted by atomic mass is 35.5. The minimum absolute atomic E-state index is 0.0672. The fourth-order valence-corrected chi connectivity index (χ4v) is 6.36. The summed E-state index contributed by atoms with van der Waals surface area (Å²) >= 11 is 6.39. The van der Waals surface area contributed by atoms with Gasteiger partial charge in [0.1, 0.15) is 0 Å². The van der Waals surface area contributed by atoms with Gasteiger partial charge in [0.15, 0.2) is 9.84 Å². The van der Waals surface area contributed by atoms with Crippen molar-refractivity contribution in [1.29, 1.82) is 0 Å². The summed E-state index contributed by atoms with van der Waals surface area (Å²) in [5.74, 6) is 0.0672. The maximum atomic E-state index is 12.8. The van der Waals surface area contributed by atoms with Crippen molar-refractivity contribution in [3.8, 4) is 0 Å². The van der Waals surface area contributed by atoms with Gasteiger partial charge in [0.2, 0.25) is 0 Å². The Kier molecular flexibility index (Phi) is 5.55. The first kappa shape index (κ1) is 18.2. The lowest BCUT2D eigenvalue weighted by Gasteiger charge is -2.29. The molecule has 4 nitrogen and oxygen atoms in total. The zero-order chi connectivity index (χ0) is 17.3. The van der Waals surface area contributed by atoms with Crippen molar-refractivity contribution in [2.75, 3.05) is 5.75 Å². The number of nitrogens with one attached hydrogen (secondary N) is 1. The highest BCUT2D eigenvalue weighted by molar-refractivity contribution is 7.91. The number of rotatable bonds is 5. The maximum Gasteiger partial charge on any atom is 0.180 e. The molecule has 2 aliphatic rings. The van der Waals surface area contributed by atoms with E-state index in [4.69, 9.17) is 11.6 Å². The number of benzene rings is 1. The molecule has 1 heterocycles. The Labute approximate surface area is 149 Å². The molecule has 3 atom stereocenters. The van der Waals surface area contributed by atoms with E-state index in [-0.39, 0.29) is 23.9 Å². The van der Waals surface area contributed by atoms with Gasteiger partial charge in [-0.3, -0.25) is 0 Å². The molecule has 1 aromatic rings. The minimum Gasteiger partial charge on any atom is -0.393 e. The molecular weight excluding hydrogens is 346 g/mol. The standard InChI is InChI=1S/C18H26ClNO3S/c1-2-3-5-12-8-9-15(19)17-16(11-24(22,23)18(12)17)20-13-6-4-7-14(21)10-13/h8-9,13-14,16,20-21H,2-7,10-11H2,1H3. The van der Waals surface area contributed by atoms with E-state index < -0.39 is 9.84 Å². The molecule has 134 valence electrons. The average molecular weight is 372 g/mol. The molecule has 1 aliphatic heterocycles. The molecule has 0 amide bonds. The van der Waals surface area contributed by atoms with Crippen molar-refractivity contribution in [2.24, 2.45) is 0 Å². The molecule has 0 bridgehead atoms. The number of aliphatic hydroxyl groups excluding tert-OH is 1. The summed E-state index contributed by atoms with van der Waals surface area (Å²) < 4.78 is 25.5. The summed E-state index contributed by atoms with van der Waals surface area (Å²) in [7, 11) is -3.31. The normalized spacial score (nSPS) is 28.7. The van der Waals surface area contributed by atoms with Crippen LogP contribution in [0.15, 0.2) is 17.0 Å². The van der Waals surface area contributed by atoms with Gasteiger partial charge in [-0.25, -0.2) is 8.42 Å². The molecule has 2 N–H and O–H groups in total. The Morgan fingerprint density at radius 3 is 2.83 bits per heavy atom. The van der Waals surface area contributed by atoms with Gasteiger partial charge in [-0.2, -0.15) is 0 Å². The number of hydrogen-bond donors (Lipinski definition) is 2. The van der Waals surface area contributed by atoms with Gasteiger partial charge >= 0.3 is 0 Å². The third kappa shape index (κ3) is 3.64. The van der Waals surface area contributed by atoms with Gasteiger partial charge in [-0.1, -0.05) is 31.0 Å². The molecule has 1 saturated carbocycles. The lowest BCUT2D eigenvalue weighted by Crippen LogP contribution is -2.39. The van der Waals surface area contributed by atoms with Crippen LogP contribution in [0.25, 0.3) is 0 Å². The summed E-state index contributed by atoms with van der Waals surface area (Å²) in [5, 5.41) is 13.9. The van der Waals surface area contributed by atoms with Crippen LogP contribution in [0.4, 0.5) is 0 Å². The van der Waals surface area contributed by atoms with Crippen LogP contribution >= 0.6 is 11.6 Å². The zero-order valence-electron chi connectivity index (χ0n) is 14.1. The highest BCUT2D eigenvalue weighted by Crippen LogP contribution is 2.41. The number of sulfone groups is 1. The van der Waals surface area contributed by atoms with Crippen molar-refractivity contribution in [3.05, 3.63) is 28.3 Å². The topological polar surface area (TPSA) is 66.4 Å². The molecule has 6 heteroatoms. The maximum absolute atomic E-state index is 12.8. The summed E-state index contributed by atoms with van der Waals surface area (Å²) in [5.41, 5.74) is 1.63. The fraction of sp³-hybridized carbons (Fsp3) is 0.667. The number of aryl methyl sites for hydroxylation is 1. The monoisotopic (exact) mass is 371 g/mol. The Balaban J connectivity index is 1.91. The first-order valence-electron chi connectivity index (χ1n) is 8.90. The molecule has 0 saturated heterocycles. The SMILES string of the molecule is CCCCc1ccc(Cl)c2c1S(=O)(=O)CC2NC1CCCC(O)C1. The summed E-state index contributed by atoms with van der Waals surface area (Å²) in [6.07, 6.45) is 5.92. The second-order valence-corrected chi connectivity index (χ2v) is 9.45. The molecule has 1 aromatic carbocycles. The third-order valence-electron chi connectivity index (χ3n) is 5.15. The highest BCUT2D eigenvalue weighted by Gasteiger charge is 2.39. The van der Waals surface area contributed by atoms with Crippen LogP contribution in [-0.2, 0) is 16.3 Å². The summed E-state index contributed by atoms with van der Waals surface area (Å²) in [6.45, 7) is 2.10. The molecule has 1 fully saturated rings. The molecule has 24 heavy (non-hydrogen) atoms. The smallest absolute Gasteiger partial charge is 0.180 e. The first-order valence-corrected chi connectivity index (χ1v) is 10.9. The van der Waals surface area contributed by atoms with E-state index in [9.17, 15) is 13.5 Å². The van der Waals surface area contributed by atoms with Gasteiger partial charge in [0, 0.05) is 22.7 Å². The summed E-state index contributed by atoms with van der Waals surface area (Å²) in [6, 6.07) is 3.57. The van der Waals surface area contributed by atoms with Crippen LogP contribution in [-0.4, -0.2) is 31.4 Å². The Hall–Kier alpha value is -0.620. The second-order valence-electron chi connectivity index (χ2n) is 7.07. The Bertz CT molecular complexity index is 704. The Morgan fingerprint density at radius 2 is 2.12 bits per heavy atom. The van der Waals surface area contributed by atoms with Crippen LogP contribution in [0.5, 0.6) is 0 Å². The van der Waals surface area contributed by atoms with Crippen LogP contribution in [0.3, 0.4) is 0 Å². The van der Waals surface area contributed by atoms with Gasteiger partial charge in [0.25, 0.3) is 0 Å². The van der Waals surface area contributed by atoms with Crippen molar-refractivity contribution in [2.45, 2.75) is 75.0 Å². The number of hydrogen-bond acceptors (Lipinski definition) is 4. The minimum atomic E-state index is -3.31. The number of fused-ring (bicyclic) bond motifs is 1. The van der Waals surface area contributed by atoms with Crippen LogP contribution in [0.1, 0.15) is 62.6 Å². The quantitative estimate of drug-likeness (QED) is 0.832. The van der Waals surface area contributed by atoms with Crippen molar-refractivity contribution in [1.82, 2.24) is 5.32 Å². The molecule has 0 radical (unpaired) electrons. The van der Waals surface area contributed by atoms with E-state index in [1.54, 1.807) is 0 Å². The molecular formula is C18H26ClNO3S. The van der Waals surface area contributed by atoms with Crippen LogP contribution < -0.4 is 5.32 Å². The fourth-order valence-electron chi connectivity index (χ4n) is 3.99. The number of halogens is 1. The predicted octanol–water partition coefficient (Wildman–Crippen LogP) is 3.40. The van der Waals surface area contributed by atoms with E-state index in [0.29, 0.717) is 16.3 Å². The Morgan fingerprint density at radius 1 is 1.33 bits per heavy atom. The van der Waals surface area contributed by atoms with Gasteiger partial charge < -0.3 is 10.4 Å². The summed E-state index contributed by atoms with van der Waals surface area (Å²) in [4.78, 5) is 0.456. The van der Waals surface area contributed by atoms with Gasteiger partial charge in [0.05, 0.1) is 16.8 Å². The van der Waals surface area contributed by atoms with E-state index in [1.165, 1.54) is 0 Å². The number of unbranched alkanes of at least 4 members (excludes halogenated alkanes) is 1. The lowest BCUT2D eigenvalue weighted by molar-refractivity contribution is 0.109. The van der Waals surface area contributed by atoms with Gasteiger partial charge in [-0.05, 0) is 50.2 Å². The average Bonchev–Trinajstić information content (AvgIpc) is 2.79. The predicted molar refractivity (Wildman–Crippen MR) is 96.3 cm³/mol. The van der Waals surface area contributed by atoms with Gasteiger partial charge in [-0.15, -0.1) is 0 Å². The third-order valence-corrected chi connectivity index (χ3v) is 7.36. The van der Waals surface area contributed by atoms with E-state index >= 15 is 0 Å². The lowest BCUT2D eigenvalue weighted by atomic mass is 9.91. The van der Waals surface area contributed by atoms with Crippen molar-refractivity contribution >= 4 is 21.4 Å². The van der Waals surface area contributed by atoms with Crippen LogP contribution in [0, 0.1) is 0 Å². The molecule has 0 spiro atoms. The van der Waals surface area contributed by atoms with E-state index in [1.807, 2.05) is 12.1 Å². The van der Waals surface area contributed by atoms with E-state index in [0.717, 1.165) is 49.7 Å².